The Hall–Kier alpha value is -1.32. The first kappa shape index (κ1) is 14.7. The van der Waals surface area contributed by atoms with Gasteiger partial charge in [0.1, 0.15) is 18.0 Å². The summed E-state index contributed by atoms with van der Waals surface area (Å²) in [6.45, 7) is 11.0. The number of nitrogens with zero attached hydrogens (tertiary/aromatic N) is 2. The monoisotopic (exact) mass is 250 g/mol. The van der Waals surface area contributed by atoms with E-state index in [1.165, 1.54) is 0 Å². The van der Waals surface area contributed by atoms with Crippen molar-refractivity contribution in [2.45, 2.75) is 53.0 Å². The number of anilines is 2. The quantitative estimate of drug-likeness (QED) is 0.811. The van der Waals surface area contributed by atoms with Gasteiger partial charge in [0, 0.05) is 18.7 Å². The summed E-state index contributed by atoms with van der Waals surface area (Å²) >= 11 is 0. The molecule has 1 atom stereocenters. The van der Waals surface area contributed by atoms with Gasteiger partial charge in [0.15, 0.2) is 0 Å². The molecule has 1 aromatic heterocycles. The fraction of sp³-hybridized carbons (Fsp3) is 0.714. The van der Waals surface area contributed by atoms with Crippen molar-refractivity contribution in [2.75, 3.05) is 17.7 Å². The average molecular weight is 250 g/mol. The lowest BCUT2D eigenvalue weighted by atomic mass is 10.0. The molecule has 4 heteroatoms. The lowest BCUT2D eigenvalue weighted by Gasteiger charge is -2.21. The third kappa shape index (κ3) is 3.86. The average Bonchev–Trinajstić information content (AvgIpc) is 2.26. The molecule has 1 rings (SSSR count). The fourth-order valence-corrected chi connectivity index (χ4v) is 2.26. The van der Waals surface area contributed by atoms with Crippen molar-refractivity contribution in [1.29, 1.82) is 0 Å². The second-order valence-electron chi connectivity index (χ2n) is 5.56. The van der Waals surface area contributed by atoms with E-state index >= 15 is 0 Å². The summed E-state index contributed by atoms with van der Waals surface area (Å²) in [5, 5.41) is 6.65. The Balaban J connectivity index is 2.94. The molecule has 0 aromatic carbocycles. The van der Waals surface area contributed by atoms with Crippen LogP contribution in [0.3, 0.4) is 0 Å². The molecule has 0 fully saturated rings. The summed E-state index contributed by atoms with van der Waals surface area (Å²) in [7, 11) is 1.90. The van der Waals surface area contributed by atoms with Crippen LogP contribution in [0.4, 0.5) is 11.6 Å². The van der Waals surface area contributed by atoms with Gasteiger partial charge >= 0.3 is 0 Å². The molecule has 0 aliphatic rings. The van der Waals surface area contributed by atoms with E-state index in [1.54, 1.807) is 6.33 Å². The first-order valence-electron chi connectivity index (χ1n) is 6.74. The summed E-state index contributed by atoms with van der Waals surface area (Å²) in [6.07, 6.45) is 2.75. The Morgan fingerprint density at radius 3 is 2.17 bits per heavy atom. The molecule has 1 heterocycles. The number of aromatic nitrogens is 2. The zero-order valence-electron chi connectivity index (χ0n) is 12.4. The highest BCUT2D eigenvalue weighted by molar-refractivity contribution is 5.59. The standard InChI is InChI=1S/C14H26N4/c1-9(2)7-11(5)18-14-12(10(3)4)13(15-6)16-8-17-14/h8-11H,7H2,1-6H3,(H2,15,16,17,18). The Bertz CT molecular complexity index is 374. The molecule has 0 saturated carbocycles. The third-order valence-corrected chi connectivity index (χ3v) is 2.91. The smallest absolute Gasteiger partial charge is 0.135 e. The molecule has 0 aliphatic heterocycles. The van der Waals surface area contributed by atoms with Gasteiger partial charge in [-0.1, -0.05) is 27.7 Å². The molecular weight excluding hydrogens is 224 g/mol. The van der Waals surface area contributed by atoms with E-state index in [-0.39, 0.29) is 0 Å². The molecule has 1 aromatic rings. The summed E-state index contributed by atoms with van der Waals surface area (Å²) < 4.78 is 0. The minimum Gasteiger partial charge on any atom is -0.373 e. The third-order valence-electron chi connectivity index (χ3n) is 2.91. The van der Waals surface area contributed by atoms with Crippen molar-refractivity contribution in [3.8, 4) is 0 Å². The molecule has 18 heavy (non-hydrogen) atoms. The van der Waals surface area contributed by atoms with Crippen LogP contribution in [-0.4, -0.2) is 23.1 Å². The van der Waals surface area contributed by atoms with Crippen molar-refractivity contribution < 1.29 is 0 Å². The first-order chi connectivity index (χ1) is 8.45. The van der Waals surface area contributed by atoms with E-state index in [0.717, 1.165) is 23.6 Å². The van der Waals surface area contributed by atoms with Crippen LogP contribution in [0.25, 0.3) is 0 Å². The van der Waals surface area contributed by atoms with Gasteiger partial charge in [0.05, 0.1) is 0 Å². The van der Waals surface area contributed by atoms with Crippen molar-refractivity contribution in [2.24, 2.45) is 5.92 Å². The van der Waals surface area contributed by atoms with Gasteiger partial charge in [-0.15, -0.1) is 0 Å². The lowest BCUT2D eigenvalue weighted by molar-refractivity contribution is 0.538. The first-order valence-corrected chi connectivity index (χ1v) is 6.74. The van der Waals surface area contributed by atoms with Crippen LogP contribution in [0.5, 0.6) is 0 Å². The summed E-state index contributed by atoms with van der Waals surface area (Å²) in [4.78, 5) is 8.68. The zero-order valence-corrected chi connectivity index (χ0v) is 12.4. The Labute approximate surface area is 111 Å². The SMILES string of the molecule is CNc1ncnc(NC(C)CC(C)C)c1C(C)C. The molecule has 0 saturated heterocycles. The van der Waals surface area contributed by atoms with Crippen molar-refractivity contribution in [3.05, 3.63) is 11.9 Å². The van der Waals surface area contributed by atoms with Crippen LogP contribution in [0.15, 0.2) is 6.33 Å². The van der Waals surface area contributed by atoms with Gasteiger partial charge in [-0.3, -0.25) is 0 Å². The maximum absolute atomic E-state index is 4.39. The van der Waals surface area contributed by atoms with Gasteiger partial charge in [-0.25, -0.2) is 9.97 Å². The van der Waals surface area contributed by atoms with Crippen LogP contribution >= 0.6 is 0 Å². The molecule has 4 nitrogen and oxygen atoms in total. The van der Waals surface area contributed by atoms with Crippen LogP contribution in [0, 0.1) is 5.92 Å². The Morgan fingerprint density at radius 2 is 1.67 bits per heavy atom. The molecule has 1 unspecified atom stereocenters. The second kappa shape index (κ2) is 6.57. The van der Waals surface area contributed by atoms with E-state index in [4.69, 9.17) is 0 Å². The van der Waals surface area contributed by atoms with Crippen molar-refractivity contribution >= 4 is 11.6 Å². The molecule has 0 amide bonds. The van der Waals surface area contributed by atoms with Crippen LogP contribution in [0.2, 0.25) is 0 Å². The Kier molecular flexibility index (Phi) is 5.38. The van der Waals surface area contributed by atoms with Gasteiger partial charge in [0.2, 0.25) is 0 Å². The van der Waals surface area contributed by atoms with Gasteiger partial charge in [0.25, 0.3) is 0 Å². The predicted octanol–water partition coefficient (Wildman–Crippen LogP) is 3.49. The Morgan fingerprint density at radius 1 is 1.06 bits per heavy atom. The highest BCUT2D eigenvalue weighted by Gasteiger charge is 2.15. The minimum atomic E-state index is 0.391. The summed E-state index contributed by atoms with van der Waals surface area (Å²) in [5.74, 6) is 2.94. The van der Waals surface area contributed by atoms with Gasteiger partial charge in [-0.05, 0) is 25.2 Å². The van der Waals surface area contributed by atoms with Crippen LogP contribution in [0.1, 0.15) is 52.5 Å². The maximum Gasteiger partial charge on any atom is 0.135 e. The maximum atomic E-state index is 4.39. The molecule has 0 spiro atoms. The van der Waals surface area contributed by atoms with Gasteiger partial charge < -0.3 is 10.6 Å². The van der Waals surface area contributed by atoms with Crippen molar-refractivity contribution in [3.63, 3.8) is 0 Å². The molecule has 0 aliphatic carbocycles. The van der Waals surface area contributed by atoms with Crippen LogP contribution in [-0.2, 0) is 0 Å². The molecule has 102 valence electrons. The summed E-state index contributed by atoms with van der Waals surface area (Å²) in [5.41, 5.74) is 1.16. The molecule has 0 radical (unpaired) electrons. The van der Waals surface area contributed by atoms with Crippen LogP contribution < -0.4 is 10.6 Å². The van der Waals surface area contributed by atoms with E-state index < -0.39 is 0 Å². The van der Waals surface area contributed by atoms with Gasteiger partial charge in [-0.2, -0.15) is 0 Å². The fourth-order valence-electron chi connectivity index (χ4n) is 2.26. The normalized spacial score (nSPS) is 12.9. The topological polar surface area (TPSA) is 49.8 Å². The minimum absolute atomic E-state index is 0.391. The molecule has 0 bridgehead atoms. The molecular formula is C14H26N4. The van der Waals surface area contributed by atoms with E-state index in [9.17, 15) is 0 Å². The van der Waals surface area contributed by atoms with Crippen molar-refractivity contribution in [1.82, 2.24) is 9.97 Å². The number of hydrogen-bond acceptors (Lipinski definition) is 4. The predicted molar refractivity (Wildman–Crippen MR) is 78.2 cm³/mol. The molecule has 2 N–H and O–H groups in total. The number of nitrogens with one attached hydrogen (secondary N) is 2. The highest BCUT2D eigenvalue weighted by atomic mass is 15.1. The lowest BCUT2D eigenvalue weighted by Crippen LogP contribution is -2.20. The van der Waals surface area contributed by atoms with E-state index in [2.05, 4.69) is 55.2 Å². The zero-order chi connectivity index (χ0) is 13.7. The number of hydrogen-bond donors (Lipinski definition) is 2. The van der Waals surface area contributed by atoms with E-state index in [1.807, 2.05) is 7.05 Å². The number of rotatable bonds is 6. The second-order valence-corrected chi connectivity index (χ2v) is 5.56. The highest BCUT2D eigenvalue weighted by Crippen LogP contribution is 2.28. The summed E-state index contributed by atoms with van der Waals surface area (Å²) in [6, 6.07) is 0.419. The van der Waals surface area contributed by atoms with E-state index in [0.29, 0.717) is 17.9 Å². The largest absolute Gasteiger partial charge is 0.373 e.